The lowest BCUT2D eigenvalue weighted by Gasteiger charge is -2.04. The quantitative estimate of drug-likeness (QED) is 0.416. The normalized spacial score (nSPS) is 27.4. The van der Waals surface area contributed by atoms with Crippen LogP contribution in [-0.4, -0.2) is 25.4 Å². The Morgan fingerprint density at radius 1 is 2.00 bits per heavy atom. The second-order valence-corrected chi connectivity index (χ2v) is 2.23. The zero-order chi connectivity index (χ0) is 6.69. The van der Waals surface area contributed by atoms with Gasteiger partial charge in [0.25, 0.3) is 0 Å². The van der Waals surface area contributed by atoms with Crippen molar-refractivity contribution in [3.8, 4) is 0 Å². The Balaban J connectivity index is 1.95. The molecule has 2 heteroatoms. The molecule has 1 aliphatic heterocycles. The number of hydrogen-bond donors (Lipinski definition) is 0. The summed E-state index contributed by atoms with van der Waals surface area (Å²) in [6.45, 7) is 7.14. The van der Waals surface area contributed by atoms with Crippen molar-refractivity contribution in [2.24, 2.45) is 0 Å². The van der Waals surface area contributed by atoms with Gasteiger partial charge in [-0.15, -0.1) is 6.58 Å². The van der Waals surface area contributed by atoms with Crippen LogP contribution in [0.2, 0.25) is 0 Å². The monoisotopic (exact) mass is 128 g/mol. The van der Waals surface area contributed by atoms with Crippen molar-refractivity contribution >= 4 is 0 Å². The van der Waals surface area contributed by atoms with Gasteiger partial charge in [-0.2, -0.15) is 0 Å². The van der Waals surface area contributed by atoms with Gasteiger partial charge in [0, 0.05) is 0 Å². The van der Waals surface area contributed by atoms with E-state index in [1.54, 1.807) is 6.08 Å². The first kappa shape index (κ1) is 6.78. The number of hydrogen-bond acceptors (Lipinski definition) is 2. The lowest BCUT2D eigenvalue weighted by molar-refractivity contribution is 0.0834. The molecule has 0 radical (unpaired) electrons. The Hall–Kier alpha value is -0.340. The third kappa shape index (κ3) is 2.63. The summed E-state index contributed by atoms with van der Waals surface area (Å²) in [4.78, 5) is 0. The second kappa shape index (κ2) is 2.99. The molecular formula is C7H12O2. The Bertz CT molecular complexity index is 97.1. The van der Waals surface area contributed by atoms with E-state index in [0.29, 0.717) is 12.7 Å². The van der Waals surface area contributed by atoms with E-state index in [-0.39, 0.29) is 6.10 Å². The summed E-state index contributed by atoms with van der Waals surface area (Å²) < 4.78 is 10.2. The Labute approximate surface area is 55.5 Å². The fourth-order valence-electron chi connectivity index (χ4n) is 0.491. The molecule has 1 rings (SSSR count). The minimum absolute atomic E-state index is 0.161. The van der Waals surface area contributed by atoms with Crippen LogP contribution in [0.15, 0.2) is 12.7 Å². The Kier molecular flexibility index (Phi) is 2.25. The molecule has 9 heavy (non-hydrogen) atoms. The molecule has 0 aromatic heterocycles. The van der Waals surface area contributed by atoms with Gasteiger partial charge in [0.2, 0.25) is 0 Å². The summed E-state index contributed by atoms with van der Waals surface area (Å²) in [5, 5.41) is 0. The van der Waals surface area contributed by atoms with Gasteiger partial charge >= 0.3 is 0 Å². The van der Waals surface area contributed by atoms with Gasteiger partial charge in [0.1, 0.15) is 6.10 Å². The molecule has 0 bridgehead atoms. The average molecular weight is 128 g/mol. The number of rotatable bonds is 4. The minimum atomic E-state index is 0.161. The topological polar surface area (TPSA) is 21.8 Å². The molecule has 0 N–H and O–H groups in total. The van der Waals surface area contributed by atoms with Crippen LogP contribution in [0.3, 0.4) is 0 Å². The van der Waals surface area contributed by atoms with E-state index in [2.05, 4.69) is 6.58 Å². The minimum Gasteiger partial charge on any atom is -0.372 e. The molecule has 0 aliphatic carbocycles. The van der Waals surface area contributed by atoms with E-state index >= 15 is 0 Å². The van der Waals surface area contributed by atoms with Crippen molar-refractivity contribution in [3.05, 3.63) is 12.7 Å². The van der Waals surface area contributed by atoms with Gasteiger partial charge in [0.05, 0.1) is 19.3 Å². The van der Waals surface area contributed by atoms with Gasteiger partial charge in [-0.05, 0) is 6.92 Å². The summed E-state index contributed by atoms with van der Waals surface area (Å²) in [6, 6.07) is 0. The summed E-state index contributed by atoms with van der Waals surface area (Å²) in [5.41, 5.74) is 0. The molecule has 1 fully saturated rings. The van der Waals surface area contributed by atoms with Crippen molar-refractivity contribution in [2.75, 3.05) is 13.2 Å². The standard InChI is InChI=1S/C7H12O2/c1-3-6(2)8-4-7-5-9-7/h3,6-7H,1,4-5H2,2H3. The Morgan fingerprint density at radius 2 is 2.67 bits per heavy atom. The van der Waals surface area contributed by atoms with Crippen LogP contribution in [0.4, 0.5) is 0 Å². The number of ether oxygens (including phenoxy) is 2. The fraction of sp³-hybridized carbons (Fsp3) is 0.714. The summed E-state index contributed by atoms with van der Waals surface area (Å²) in [5.74, 6) is 0. The first-order valence-electron chi connectivity index (χ1n) is 3.18. The third-order valence-corrected chi connectivity index (χ3v) is 1.28. The van der Waals surface area contributed by atoms with E-state index in [1.807, 2.05) is 6.92 Å². The van der Waals surface area contributed by atoms with Gasteiger partial charge < -0.3 is 9.47 Å². The van der Waals surface area contributed by atoms with Crippen LogP contribution in [-0.2, 0) is 9.47 Å². The maximum absolute atomic E-state index is 5.27. The van der Waals surface area contributed by atoms with E-state index in [9.17, 15) is 0 Å². The zero-order valence-electron chi connectivity index (χ0n) is 5.67. The molecule has 2 unspecified atom stereocenters. The largest absolute Gasteiger partial charge is 0.372 e. The first-order chi connectivity index (χ1) is 4.33. The van der Waals surface area contributed by atoms with Gasteiger partial charge in [-0.25, -0.2) is 0 Å². The van der Waals surface area contributed by atoms with Crippen molar-refractivity contribution in [1.82, 2.24) is 0 Å². The predicted molar refractivity (Wildman–Crippen MR) is 35.4 cm³/mol. The van der Waals surface area contributed by atoms with Crippen LogP contribution in [0.5, 0.6) is 0 Å². The molecular weight excluding hydrogens is 116 g/mol. The fourth-order valence-corrected chi connectivity index (χ4v) is 0.491. The van der Waals surface area contributed by atoms with E-state index < -0.39 is 0 Å². The first-order valence-corrected chi connectivity index (χ1v) is 3.18. The molecule has 0 aromatic carbocycles. The summed E-state index contributed by atoms with van der Waals surface area (Å²) >= 11 is 0. The molecule has 2 nitrogen and oxygen atoms in total. The highest BCUT2D eigenvalue weighted by molar-refractivity contribution is 4.77. The van der Waals surface area contributed by atoms with E-state index in [4.69, 9.17) is 9.47 Å². The smallest absolute Gasteiger partial charge is 0.104 e. The summed E-state index contributed by atoms with van der Waals surface area (Å²) in [7, 11) is 0. The van der Waals surface area contributed by atoms with E-state index in [0.717, 1.165) is 6.61 Å². The maximum atomic E-state index is 5.27. The molecule has 1 heterocycles. The van der Waals surface area contributed by atoms with Crippen LogP contribution in [0.25, 0.3) is 0 Å². The summed E-state index contributed by atoms with van der Waals surface area (Å²) in [6.07, 6.45) is 2.31. The van der Waals surface area contributed by atoms with Crippen molar-refractivity contribution < 1.29 is 9.47 Å². The molecule has 0 spiro atoms. The van der Waals surface area contributed by atoms with Gasteiger partial charge in [0.15, 0.2) is 0 Å². The molecule has 1 aliphatic rings. The Morgan fingerprint density at radius 3 is 3.11 bits per heavy atom. The highest BCUT2D eigenvalue weighted by atomic mass is 16.6. The molecule has 0 aromatic rings. The molecule has 1 saturated heterocycles. The number of epoxide rings is 1. The highest BCUT2D eigenvalue weighted by Gasteiger charge is 2.22. The third-order valence-electron chi connectivity index (χ3n) is 1.28. The predicted octanol–water partition coefficient (Wildman–Crippen LogP) is 0.976. The average Bonchev–Trinajstić information content (AvgIpc) is 2.65. The lowest BCUT2D eigenvalue weighted by Crippen LogP contribution is -2.09. The SMILES string of the molecule is C=CC(C)OCC1CO1. The lowest BCUT2D eigenvalue weighted by atomic mass is 10.4. The highest BCUT2D eigenvalue weighted by Crippen LogP contribution is 2.09. The van der Waals surface area contributed by atoms with E-state index in [1.165, 1.54) is 0 Å². The van der Waals surface area contributed by atoms with Crippen molar-refractivity contribution in [2.45, 2.75) is 19.1 Å². The molecule has 0 saturated carbocycles. The maximum Gasteiger partial charge on any atom is 0.104 e. The van der Waals surface area contributed by atoms with Gasteiger partial charge in [-0.3, -0.25) is 0 Å². The van der Waals surface area contributed by atoms with Crippen LogP contribution >= 0.6 is 0 Å². The van der Waals surface area contributed by atoms with Crippen LogP contribution < -0.4 is 0 Å². The van der Waals surface area contributed by atoms with Crippen molar-refractivity contribution in [1.29, 1.82) is 0 Å². The second-order valence-electron chi connectivity index (χ2n) is 2.23. The zero-order valence-corrected chi connectivity index (χ0v) is 5.67. The molecule has 52 valence electrons. The molecule has 2 atom stereocenters. The van der Waals surface area contributed by atoms with Crippen LogP contribution in [0, 0.1) is 0 Å². The molecule has 0 amide bonds. The van der Waals surface area contributed by atoms with Gasteiger partial charge in [-0.1, -0.05) is 6.08 Å². The van der Waals surface area contributed by atoms with Crippen LogP contribution in [0.1, 0.15) is 6.92 Å². The van der Waals surface area contributed by atoms with Crippen molar-refractivity contribution in [3.63, 3.8) is 0 Å².